The summed E-state index contributed by atoms with van der Waals surface area (Å²) in [5.74, 6) is 0. The largest absolute Gasteiger partial charge is 0.326 e. The monoisotopic (exact) mass is 282 g/mol. The Morgan fingerprint density at radius 1 is 1.22 bits per heavy atom. The molecule has 5 heteroatoms. The SMILES string of the molecule is Cc1cc(=O)c(CN)cn1-c1ccc(Cl)c(Cl)c1. The molecule has 1 aromatic carbocycles. The van der Waals surface area contributed by atoms with Gasteiger partial charge in [-0.2, -0.15) is 0 Å². The molecule has 0 saturated carbocycles. The first-order valence-corrected chi connectivity index (χ1v) is 6.16. The number of rotatable bonds is 2. The first kappa shape index (κ1) is 13.1. The molecule has 2 rings (SSSR count). The molecule has 18 heavy (non-hydrogen) atoms. The van der Waals surface area contributed by atoms with Gasteiger partial charge in [-0.05, 0) is 25.1 Å². The molecule has 2 aromatic rings. The van der Waals surface area contributed by atoms with Crippen LogP contribution < -0.4 is 11.2 Å². The van der Waals surface area contributed by atoms with E-state index in [9.17, 15) is 4.79 Å². The van der Waals surface area contributed by atoms with Crippen molar-refractivity contribution in [2.45, 2.75) is 13.5 Å². The van der Waals surface area contributed by atoms with E-state index in [-0.39, 0.29) is 12.0 Å². The van der Waals surface area contributed by atoms with Gasteiger partial charge in [-0.15, -0.1) is 0 Å². The Morgan fingerprint density at radius 3 is 2.56 bits per heavy atom. The van der Waals surface area contributed by atoms with Crippen LogP contribution in [0.5, 0.6) is 0 Å². The minimum absolute atomic E-state index is 0.0497. The molecule has 0 radical (unpaired) electrons. The number of aromatic nitrogens is 1. The van der Waals surface area contributed by atoms with Crippen LogP contribution in [0.1, 0.15) is 11.3 Å². The molecule has 94 valence electrons. The van der Waals surface area contributed by atoms with E-state index >= 15 is 0 Å². The Hall–Kier alpha value is -1.29. The lowest BCUT2D eigenvalue weighted by Crippen LogP contribution is -2.16. The number of nitrogens with two attached hydrogens (primary N) is 1. The average Bonchev–Trinajstić information content (AvgIpc) is 2.33. The van der Waals surface area contributed by atoms with Crippen molar-refractivity contribution < 1.29 is 0 Å². The number of nitrogens with zero attached hydrogens (tertiary/aromatic N) is 1. The van der Waals surface area contributed by atoms with E-state index in [1.165, 1.54) is 0 Å². The first-order valence-electron chi connectivity index (χ1n) is 5.40. The van der Waals surface area contributed by atoms with E-state index < -0.39 is 0 Å². The van der Waals surface area contributed by atoms with Gasteiger partial charge in [-0.25, -0.2) is 0 Å². The Morgan fingerprint density at radius 2 is 1.94 bits per heavy atom. The fourth-order valence-electron chi connectivity index (χ4n) is 1.74. The van der Waals surface area contributed by atoms with Gasteiger partial charge in [0.25, 0.3) is 0 Å². The van der Waals surface area contributed by atoms with Crippen molar-refractivity contribution >= 4 is 23.2 Å². The summed E-state index contributed by atoms with van der Waals surface area (Å²) in [5.41, 5.74) is 7.71. The van der Waals surface area contributed by atoms with Gasteiger partial charge >= 0.3 is 0 Å². The summed E-state index contributed by atoms with van der Waals surface area (Å²) in [4.78, 5) is 11.6. The van der Waals surface area contributed by atoms with Crippen molar-refractivity contribution in [3.05, 3.63) is 62.0 Å². The molecule has 0 bridgehead atoms. The highest BCUT2D eigenvalue weighted by molar-refractivity contribution is 6.42. The van der Waals surface area contributed by atoms with Crippen molar-refractivity contribution in [2.24, 2.45) is 5.73 Å². The van der Waals surface area contributed by atoms with Crippen molar-refractivity contribution in [1.29, 1.82) is 0 Å². The lowest BCUT2D eigenvalue weighted by Gasteiger charge is -2.13. The first-order chi connectivity index (χ1) is 8.52. The summed E-state index contributed by atoms with van der Waals surface area (Å²) < 4.78 is 1.87. The Labute approximate surface area is 115 Å². The van der Waals surface area contributed by atoms with Gasteiger partial charge in [0.1, 0.15) is 0 Å². The third-order valence-corrected chi connectivity index (χ3v) is 3.46. The van der Waals surface area contributed by atoms with Crippen molar-refractivity contribution in [1.82, 2.24) is 4.57 Å². The lowest BCUT2D eigenvalue weighted by atomic mass is 10.2. The van der Waals surface area contributed by atoms with E-state index in [1.807, 2.05) is 17.6 Å². The number of hydrogen-bond donors (Lipinski definition) is 1. The van der Waals surface area contributed by atoms with Crippen molar-refractivity contribution in [3.8, 4) is 5.69 Å². The standard InChI is InChI=1S/C13H12Cl2N2O/c1-8-4-13(18)9(6-16)7-17(8)10-2-3-11(14)12(15)5-10/h2-5,7H,6,16H2,1H3. The van der Waals surface area contributed by atoms with Crippen LogP contribution in [-0.2, 0) is 6.54 Å². The van der Waals surface area contributed by atoms with Crippen LogP contribution in [0.25, 0.3) is 5.69 Å². The maximum atomic E-state index is 11.6. The Bertz CT molecular complexity index is 650. The summed E-state index contributed by atoms with van der Waals surface area (Å²) in [6, 6.07) is 6.87. The van der Waals surface area contributed by atoms with Gasteiger partial charge in [-0.1, -0.05) is 23.2 Å². The average molecular weight is 283 g/mol. The van der Waals surface area contributed by atoms with Gasteiger partial charge in [0.15, 0.2) is 5.43 Å². The maximum absolute atomic E-state index is 11.6. The molecule has 2 N–H and O–H groups in total. The quantitative estimate of drug-likeness (QED) is 0.921. The third-order valence-electron chi connectivity index (χ3n) is 2.72. The number of aryl methyl sites for hydroxylation is 1. The van der Waals surface area contributed by atoms with Crippen molar-refractivity contribution in [2.75, 3.05) is 0 Å². The van der Waals surface area contributed by atoms with Gasteiger partial charge in [0, 0.05) is 35.8 Å². The molecule has 0 atom stereocenters. The molecule has 0 aliphatic carbocycles. The predicted molar refractivity (Wildman–Crippen MR) is 74.7 cm³/mol. The Kier molecular flexibility index (Phi) is 3.76. The maximum Gasteiger partial charge on any atom is 0.186 e. The molecule has 3 nitrogen and oxygen atoms in total. The molecule has 0 unspecified atom stereocenters. The highest BCUT2D eigenvalue weighted by Crippen LogP contribution is 2.24. The number of hydrogen-bond acceptors (Lipinski definition) is 2. The molecule has 0 fully saturated rings. The summed E-state index contributed by atoms with van der Waals surface area (Å²) in [5, 5.41) is 0.972. The predicted octanol–water partition coefficient (Wildman–Crippen LogP) is 2.91. The van der Waals surface area contributed by atoms with E-state index in [2.05, 4.69) is 0 Å². The molecule has 1 aromatic heterocycles. The van der Waals surface area contributed by atoms with Gasteiger partial charge < -0.3 is 10.3 Å². The fraction of sp³-hybridized carbons (Fsp3) is 0.154. The molecule has 0 saturated heterocycles. The summed E-state index contributed by atoms with van der Waals surface area (Å²) in [6.45, 7) is 2.06. The second-order valence-electron chi connectivity index (χ2n) is 3.98. The molecular weight excluding hydrogens is 271 g/mol. The molecule has 0 spiro atoms. The van der Waals surface area contributed by atoms with E-state index in [0.717, 1.165) is 11.4 Å². The zero-order valence-corrected chi connectivity index (χ0v) is 11.3. The molecule has 1 heterocycles. The summed E-state index contributed by atoms with van der Waals surface area (Å²) in [7, 11) is 0. The van der Waals surface area contributed by atoms with Crippen molar-refractivity contribution in [3.63, 3.8) is 0 Å². The third kappa shape index (κ3) is 2.43. The molecule has 0 amide bonds. The highest BCUT2D eigenvalue weighted by atomic mass is 35.5. The van der Waals surface area contributed by atoms with Crippen LogP contribution in [-0.4, -0.2) is 4.57 Å². The smallest absolute Gasteiger partial charge is 0.186 e. The van der Waals surface area contributed by atoms with Crippen LogP contribution >= 0.6 is 23.2 Å². The second kappa shape index (κ2) is 5.14. The van der Waals surface area contributed by atoms with Gasteiger partial charge in [0.05, 0.1) is 10.0 Å². The zero-order chi connectivity index (χ0) is 13.3. The summed E-state index contributed by atoms with van der Waals surface area (Å²) in [6.07, 6.45) is 1.73. The number of benzene rings is 1. The Balaban J connectivity index is 2.63. The van der Waals surface area contributed by atoms with Crippen LogP contribution in [0.3, 0.4) is 0 Å². The van der Waals surface area contributed by atoms with Crippen LogP contribution in [0.2, 0.25) is 10.0 Å². The van der Waals surface area contributed by atoms with Crippen LogP contribution in [0, 0.1) is 6.92 Å². The van der Waals surface area contributed by atoms with Crippen LogP contribution in [0.4, 0.5) is 0 Å². The van der Waals surface area contributed by atoms with Crippen LogP contribution in [0.15, 0.2) is 35.3 Å². The molecular formula is C13H12Cl2N2O. The summed E-state index contributed by atoms with van der Waals surface area (Å²) >= 11 is 11.9. The minimum Gasteiger partial charge on any atom is -0.326 e. The highest BCUT2D eigenvalue weighted by Gasteiger charge is 2.06. The van der Waals surface area contributed by atoms with Gasteiger partial charge in [0.2, 0.25) is 0 Å². The fourth-order valence-corrected chi connectivity index (χ4v) is 2.03. The van der Waals surface area contributed by atoms with E-state index in [1.54, 1.807) is 24.4 Å². The number of pyridine rings is 1. The lowest BCUT2D eigenvalue weighted by molar-refractivity contribution is 0.923. The zero-order valence-electron chi connectivity index (χ0n) is 9.78. The molecule has 0 aliphatic heterocycles. The van der Waals surface area contributed by atoms with Gasteiger partial charge in [-0.3, -0.25) is 4.79 Å². The topological polar surface area (TPSA) is 48.0 Å². The van der Waals surface area contributed by atoms with E-state index in [4.69, 9.17) is 28.9 Å². The minimum atomic E-state index is -0.0497. The normalized spacial score (nSPS) is 10.7. The number of halogens is 2. The molecule has 0 aliphatic rings. The van der Waals surface area contributed by atoms with E-state index in [0.29, 0.717) is 15.6 Å². The second-order valence-corrected chi connectivity index (χ2v) is 4.79.